The van der Waals surface area contributed by atoms with Crippen molar-refractivity contribution >= 4 is 5.91 Å². The smallest absolute Gasteiger partial charge is 0.260 e. The highest BCUT2D eigenvalue weighted by Crippen LogP contribution is 2.18. The summed E-state index contributed by atoms with van der Waals surface area (Å²) in [7, 11) is 0. The van der Waals surface area contributed by atoms with E-state index in [0.29, 0.717) is 11.4 Å². The SMILES string of the molecule is CCCC(C)NC(=O)C(C)Oc1ccc(C)nc1CN. The molecule has 1 heterocycles. The Hall–Kier alpha value is -1.62. The van der Waals surface area contributed by atoms with Gasteiger partial charge < -0.3 is 15.8 Å². The van der Waals surface area contributed by atoms with Crippen LogP contribution in [0.2, 0.25) is 0 Å². The highest BCUT2D eigenvalue weighted by molar-refractivity contribution is 5.81. The third kappa shape index (κ3) is 4.81. The molecule has 0 aliphatic rings. The Morgan fingerprint density at radius 3 is 2.75 bits per heavy atom. The molecule has 1 rings (SSSR count). The summed E-state index contributed by atoms with van der Waals surface area (Å²) >= 11 is 0. The second kappa shape index (κ2) is 7.85. The molecule has 5 nitrogen and oxygen atoms in total. The van der Waals surface area contributed by atoms with E-state index in [-0.39, 0.29) is 18.5 Å². The van der Waals surface area contributed by atoms with Gasteiger partial charge in [-0.3, -0.25) is 9.78 Å². The van der Waals surface area contributed by atoms with Gasteiger partial charge >= 0.3 is 0 Å². The van der Waals surface area contributed by atoms with Gasteiger partial charge in [-0.2, -0.15) is 0 Å². The van der Waals surface area contributed by atoms with Crippen LogP contribution >= 0.6 is 0 Å². The van der Waals surface area contributed by atoms with Crippen molar-refractivity contribution in [1.82, 2.24) is 10.3 Å². The number of nitrogens with one attached hydrogen (secondary N) is 1. The zero-order chi connectivity index (χ0) is 15.1. The molecule has 1 amide bonds. The van der Waals surface area contributed by atoms with Crippen molar-refractivity contribution in [2.24, 2.45) is 5.73 Å². The van der Waals surface area contributed by atoms with Crippen LogP contribution in [0.4, 0.5) is 0 Å². The molecule has 2 atom stereocenters. The molecule has 0 aliphatic carbocycles. The monoisotopic (exact) mass is 279 g/mol. The minimum Gasteiger partial charge on any atom is -0.479 e. The lowest BCUT2D eigenvalue weighted by Gasteiger charge is -2.19. The Labute approximate surface area is 120 Å². The van der Waals surface area contributed by atoms with E-state index in [4.69, 9.17) is 10.5 Å². The largest absolute Gasteiger partial charge is 0.479 e. The van der Waals surface area contributed by atoms with Crippen LogP contribution in [-0.2, 0) is 11.3 Å². The van der Waals surface area contributed by atoms with Gasteiger partial charge in [-0.15, -0.1) is 0 Å². The maximum absolute atomic E-state index is 12.0. The summed E-state index contributed by atoms with van der Waals surface area (Å²) in [6.07, 6.45) is 1.43. The molecule has 0 saturated carbocycles. The Morgan fingerprint density at radius 1 is 1.45 bits per heavy atom. The molecule has 0 aromatic carbocycles. The van der Waals surface area contributed by atoms with Gasteiger partial charge in [-0.05, 0) is 39.3 Å². The fourth-order valence-electron chi connectivity index (χ4n) is 1.96. The first-order valence-corrected chi connectivity index (χ1v) is 7.11. The first-order valence-electron chi connectivity index (χ1n) is 7.11. The van der Waals surface area contributed by atoms with Crippen molar-refractivity contribution in [3.8, 4) is 5.75 Å². The topological polar surface area (TPSA) is 77.2 Å². The molecule has 2 unspecified atom stereocenters. The summed E-state index contributed by atoms with van der Waals surface area (Å²) in [6.45, 7) is 8.00. The van der Waals surface area contributed by atoms with Crippen LogP contribution in [0.5, 0.6) is 5.75 Å². The summed E-state index contributed by atoms with van der Waals surface area (Å²) in [5.41, 5.74) is 7.20. The summed E-state index contributed by atoms with van der Waals surface area (Å²) < 4.78 is 5.68. The number of hydrogen-bond acceptors (Lipinski definition) is 4. The third-order valence-electron chi connectivity index (χ3n) is 3.05. The van der Waals surface area contributed by atoms with Crippen molar-refractivity contribution in [3.63, 3.8) is 0 Å². The lowest BCUT2D eigenvalue weighted by molar-refractivity contribution is -0.127. The Balaban J connectivity index is 2.65. The molecule has 20 heavy (non-hydrogen) atoms. The van der Waals surface area contributed by atoms with Crippen molar-refractivity contribution < 1.29 is 9.53 Å². The molecule has 0 fully saturated rings. The van der Waals surface area contributed by atoms with Gasteiger partial charge in [0.2, 0.25) is 0 Å². The third-order valence-corrected chi connectivity index (χ3v) is 3.05. The highest BCUT2D eigenvalue weighted by Gasteiger charge is 2.18. The first-order chi connectivity index (χ1) is 9.47. The van der Waals surface area contributed by atoms with Gasteiger partial charge in [0.05, 0.1) is 5.69 Å². The molecule has 0 bridgehead atoms. The number of aromatic nitrogens is 1. The average molecular weight is 279 g/mol. The second-order valence-electron chi connectivity index (χ2n) is 5.06. The molecule has 0 saturated heterocycles. The van der Waals surface area contributed by atoms with E-state index in [1.165, 1.54) is 0 Å². The van der Waals surface area contributed by atoms with Crippen LogP contribution < -0.4 is 15.8 Å². The maximum atomic E-state index is 12.0. The van der Waals surface area contributed by atoms with Gasteiger partial charge in [0.15, 0.2) is 6.10 Å². The quantitative estimate of drug-likeness (QED) is 0.799. The molecular formula is C15H25N3O2. The van der Waals surface area contributed by atoms with Gasteiger partial charge in [0.1, 0.15) is 5.75 Å². The fraction of sp³-hybridized carbons (Fsp3) is 0.600. The first kappa shape index (κ1) is 16.4. The van der Waals surface area contributed by atoms with Crippen LogP contribution in [0.25, 0.3) is 0 Å². The van der Waals surface area contributed by atoms with Gasteiger partial charge in [0.25, 0.3) is 5.91 Å². The minimum atomic E-state index is -0.566. The molecule has 5 heteroatoms. The minimum absolute atomic E-state index is 0.116. The number of aryl methyl sites for hydroxylation is 1. The van der Waals surface area contributed by atoms with E-state index in [9.17, 15) is 4.79 Å². The molecule has 1 aromatic rings. The number of hydrogen-bond donors (Lipinski definition) is 2. The lowest BCUT2D eigenvalue weighted by atomic mass is 10.2. The number of carbonyl (C=O) groups excluding carboxylic acids is 1. The number of nitrogens with zero attached hydrogens (tertiary/aromatic N) is 1. The van der Waals surface area contributed by atoms with E-state index in [1.807, 2.05) is 26.0 Å². The fourth-order valence-corrected chi connectivity index (χ4v) is 1.96. The molecule has 112 valence electrons. The summed E-state index contributed by atoms with van der Waals surface area (Å²) in [5.74, 6) is 0.457. The number of rotatable bonds is 7. The average Bonchev–Trinajstić information content (AvgIpc) is 2.40. The Kier molecular flexibility index (Phi) is 6.45. The molecule has 1 aromatic heterocycles. The Bertz CT molecular complexity index is 449. The normalized spacial score (nSPS) is 13.7. The number of nitrogens with two attached hydrogens (primary N) is 1. The molecule has 3 N–H and O–H groups in total. The van der Waals surface area contributed by atoms with Crippen LogP contribution in [0.3, 0.4) is 0 Å². The predicted molar refractivity (Wildman–Crippen MR) is 79.5 cm³/mol. The van der Waals surface area contributed by atoms with Crippen molar-refractivity contribution in [3.05, 3.63) is 23.5 Å². The van der Waals surface area contributed by atoms with Crippen LogP contribution in [-0.4, -0.2) is 23.0 Å². The maximum Gasteiger partial charge on any atom is 0.260 e. The summed E-state index contributed by atoms with van der Waals surface area (Å²) in [6, 6.07) is 3.81. The summed E-state index contributed by atoms with van der Waals surface area (Å²) in [4.78, 5) is 16.3. The number of amides is 1. The summed E-state index contributed by atoms with van der Waals surface area (Å²) in [5, 5.41) is 2.93. The van der Waals surface area contributed by atoms with E-state index in [1.54, 1.807) is 6.92 Å². The van der Waals surface area contributed by atoms with Crippen molar-refractivity contribution in [2.75, 3.05) is 0 Å². The zero-order valence-electron chi connectivity index (χ0n) is 12.8. The number of pyridine rings is 1. The number of ether oxygens (including phenoxy) is 1. The zero-order valence-corrected chi connectivity index (χ0v) is 12.8. The standard InChI is InChI=1S/C15H25N3O2/c1-5-6-10(2)18-15(19)12(4)20-14-8-7-11(3)17-13(14)9-16/h7-8,10,12H,5-6,9,16H2,1-4H3,(H,18,19). The molecule has 0 radical (unpaired) electrons. The predicted octanol–water partition coefficient (Wildman–Crippen LogP) is 1.92. The highest BCUT2D eigenvalue weighted by atomic mass is 16.5. The van der Waals surface area contributed by atoms with Crippen molar-refractivity contribution in [2.45, 2.75) is 59.2 Å². The molecule has 0 spiro atoms. The van der Waals surface area contributed by atoms with Gasteiger partial charge in [-0.25, -0.2) is 0 Å². The second-order valence-corrected chi connectivity index (χ2v) is 5.06. The molecular weight excluding hydrogens is 254 g/mol. The molecule has 0 aliphatic heterocycles. The van der Waals surface area contributed by atoms with E-state index >= 15 is 0 Å². The van der Waals surface area contributed by atoms with Crippen LogP contribution in [0.1, 0.15) is 45.0 Å². The van der Waals surface area contributed by atoms with Crippen molar-refractivity contribution in [1.29, 1.82) is 0 Å². The van der Waals surface area contributed by atoms with Crippen LogP contribution in [0, 0.1) is 6.92 Å². The van der Waals surface area contributed by atoms with Crippen LogP contribution in [0.15, 0.2) is 12.1 Å². The van der Waals surface area contributed by atoms with Gasteiger partial charge in [0, 0.05) is 18.3 Å². The number of carbonyl (C=O) groups is 1. The Morgan fingerprint density at radius 2 is 2.15 bits per heavy atom. The van der Waals surface area contributed by atoms with E-state index in [0.717, 1.165) is 18.5 Å². The van der Waals surface area contributed by atoms with E-state index in [2.05, 4.69) is 17.2 Å². The van der Waals surface area contributed by atoms with E-state index < -0.39 is 6.10 Å². The lowest BCUT2D eigenvalue weighted by Crippen LogP contribution is -2.41. The van der Waals surface area contributed by atoms with Gasteiger partial charge in [-0.1, -0.05) is 13.3 Å².